The first-order valence-corrected chi connectivity index (χ1v) is 5.26. The topological polar surface area (TPSA) is 26.0 Å². The lowest BCUT2D eigenvalue weighted by Crippen LogP contribution is -1.77. The molecule has 2 nitrogen and oxygen atoms in total. The van der Waals surface area contributed by atoms with Crippen molar-refractivity contribution in [2.75, 3.05) is 0 Å². The van der Waals surface area contributed by atoms with Gasteiger partial charge in [0, 0.05) is 5.39 Å². The van der Waals surface area contributed by atoms with Gasteiger partial charge in [0.25, 0.3) is 0 Å². The molecule has 78 valence electrons. The first-order valence-electron chi connectivity index (χ1n) is 5.26. The van der Waals surface area contributed by atoms with Gasteiger partial charge in [-0.25, -0.2) is 0 Å². The van der Waals surface area contributed by atoms with Crippen LogP contribution in [0.5, 0.6) is 0 Å². The minimum absolute atomic E-state index is 0.868. The largest absolute Gasteiger partial charge is 0.360 e. The Balaban J connectivity index is 2.22. The molecule has 0 N–H and O–H groups in total. The van der Waals surface area contributed by atoms with E-state index in [4.69, 9.17) is 4.52 Å². The van der Waals surface area contributed by atoms with Crippen LogP contribution in [0, 0.1) is 6.92 Å². The summed E-state index contributed by atoms with van der Waals surface area (Å²) in [5.74, 6) is 0.868. The number of aryl methyl sites for hydroxylation is 1. The van der Waals surface area contributed by atoms with Crippen molar-refractivity contribution < 1.29 is 4.52 Å². The maximum atomic E-state index is 5.16. The molecule has 2 aromatic carbocycles. The summed E-state index contributed by atoms with van der Waals surface area (Å²) in [4.78, 5) is 0. The summed E-state index contributed by atoms with van der Waals surface area (Å²) in [7, 11) is 0. The number of hydrogen-bond acceptors (Lipinski definition) is 2. The summed E-state index contributed by atoms with van der Waals surface area (Å²) in [6.07, 6.45) is 0. The fourth-order valence-corrected chi connectivity index (χ4v) is 1.87. The van der Waals surface area contributed by atoms with Crippen molar-refractivity contribution in [2.45, 2.75) is 6.92 Å². The summed E-state index contributed by atoms with van der Waals surface area (Å²) in [5.41, 5.74) is 3.32. The van der Waals surface area contributed by atoms with Crippen molar-refractivity contribution in [1.29, 1.82) is 0 Å². The normalized spacial score (nSPS) is 10.8. The number of benzene rings is 2. The molecule has 0 bridgehead atoms. The summed E-state index contributed by atoms with van der Waals surface area (Å²) in [5, 5.41) is 5.06. The van der Waals surface area contributed by atoms with Gasteiger partial charge in [0.05, 0.1) is 0 Å². The number of hydrogen-bond donors (Lipinski definition) is 0. The van der Waals surface area contributed by atoms with Crippen molar-refractivity contribution in [2.24, 2.45) is 0 Å². The van der Waals surface area contributed by atoms with Gasteiger partial charge in [-0.2, -0.15) is 0 Å². The number of rotatable bonds is 1. The Labute approximate surface area is 93.5 Å². The molecular weight excluding hydrogens is 198 g/mol. The Morgan fingerprint density at radius 3 is 2.56 bits per heavy atom. The molecule has 0 saturated heterocycles. The van der Waals surface area contributed by atoms with Gasteiger partial charge in [0.15, 0.2) is 0 Å². The Morgan fingerprint density at radius 2 is 1.75 bits per heavy atom. The van der Waals surface area contributed by atoms with Crippen LogP contribution >= 0.6 is 0 Å². The molecule has 0 aliphatic heterocycles. The summed E-state index contributed by atoms with van der Waals surface area (Å²) in [6.45, 7) is 1.93. The Hall–Kier alpha value is -2.09. The first-order chi connectivity index (χ1) is 7.84. The highest BCUT2D eigenvalue weighted by Gasteiger charge is 2.05. The maximum Gasteiger partial charge on any atom is 0.141 e. The predicted molar refractivity (Wildman–Crippen MR) is 64.2 cm³/mol. The highest BCUT2D eigenvalue weighted by molar-refractivity contribution is 5.85. The predicted octanol–water partition coefficient (Wildman–Crippen LogP) is 3.80. The van der Waals surface area contributed by atoms with Crippen LogP contribution in [-0.2, 0) is 0 Å². The molecule has 0 radical (unpaired) electrons. The molecule has 3 aromatic rings. The van der Waals surface area contributed by atoms with Crippen molar-refractivity contribution in [3.05, 3.63) is 54.3 Å². The molecule has 0 atom stereocenters. The average molecular weight is 209 g/mol. The van der Waals surface area contributed by atoms with E-state index < -0.39 is 0 Å². The zero-order valence-electron chi connectivity index (χ0n) is 8.97. The van der Waals surface area contributed by atoms with Gasteiger partial charge >= 0.3 is 0 Å². The van der Waals surface area contributed by atoms with Crippen LogP contribution in [0.4, 0.5) is 0 Å². The Kier molecular flexibility index (Phi) is 2.00. The molecule has 0 aliphatic carbocycles. The van der Waals surface area contributed by atoms with E-state index in [-0.39, 0.29) is 0 Å². The summed E-state index contributed by atoms with van der Waals surface area (Å²) in [6, 6.07) is 16.5. The minimum Gasteiger partial charge on any atom is -0.360 e. The number of nitrogens with zero attached hydrogens (tertiary/aromatic N) is 1. The molecule has 16 heavy (non-hydrogen) atoms. The minimum atomic E-state index is 0.868. The third-order valence-electron chi connectivity index (χ3n) is 2.76. The van der Waals surface area contributed by atoms with Gasteiger partial charge in [-0.3, -0.25) is 0 Å². The van der Waals surface area contributed by atoms with Gasteiger partial charge in [0.2, 0.25) is 0 Å². The fraction of sp³-hybridized carbons (Fsp3) is 0.0714. The molecular formula is C14H11NO. The Morgan fingerprint density at radius 1 is 0.938 bits per heavy atom. The smallest absolute Gasteiger partial charge is 0.141 e. The van der Waals surface area contributed by atoms with Crippen LogP contribution in [0.2, 0.25) is 0 Å². The van der Waals surface area contributed by atoms with Crippen molar-refractivity contribution in [3.63, 3.8) is 0 Å². The van der Waals surface area contributed by atoms with E-state index in [2.05, 4.69) is 29.4 Å². The van der Waals surface area contributed by atoms with Crippen molar-refractivity contribution >= 4 is 10.9 Å². The molecule has 0 fully saturated rings. The van der Waals surface area contributed by atoms with E-state index in [0.29, 0.717) is 0 Å². The molecule has 0 amide bonds. The van der Waals surface area contributed by atoms with Crippen LogP contribution in [0.25, 0.3) is 22.0 Å². The second-order valence-corrected chi connectivity index (χ2v) is 3.84. The molecule has 1 heterocycles. The van der Waals surface area contributed by atoms with E-state index in [0.717, 1.165) is 16.7 Å². The third kappa shape index (κ3) is 1.39. The monoisotopic (exact) mass is 209 g/mol. The Bertz CT molecular complexity index is 626. The van der Waals surface area contributed by atoms with E-state index in [1.165, 1.54) is 11.1 Å². The fourth-order valence-electron chi connectivity index (χ4n) is 1.87. The zero-order valence-corrected chi connectivity index (χ0v) is 8.97. The number of aromatic nitrogens is 1. The van der Waals surface area contributed by atoms with Crippen molar-refractivity contribution in [1.82, 2.24) is 5.16 Å². The molecule has 3 rings (SSSR count). The highest BCUT2D eigenvalue weighted by atomic mass is 16.5. The standard InChI is InChI=1S/C14H11NO/c1-10-13-9-12(7-8-14(13)15-16-10)11-5-3-2-4-6-11/h2-9H,1H3. The summed E-state index contributed by atoms with van der Waals surface area (Å²) >= 11 is 0. The molecule has 2 heteroatoms. The van der Waals surface area contributed by atoms with Gasteiger partial charge in [-0.15, -0.1) is 0 Å². The van der Waals surface area contributed by atoms with Crippen LogP contribution in [0.1, 0.15) is 5.76 Å². The first kappa shape index (κ1) is 9.16. The van der Waals surface area contributed by atoms with Gasteiger partial charge < -0.3 is 4.52 Å². The average Bonchev–Trinajstić information content (AvgIpc) is 2.72. The number of fused-ring (bicyclic) bond motifs is 1. The van der Waals surface area contributed by atoms with Gasteiger partial charge in [-0.1, -0.05) is 41.6 Å². The highest BCUT2D eigenvalue weighted by Crippen LogP contribution is 2.25. The molecule has 0 spiro atoms. The maximum absolute atomic E-state index is 5.16. The third-order valence-corrected chi connectivity index (χ3v) is 2.76. The van der Waals surface area contributed by atoms with Crippen LogP contribution in [0.15, 0.2) is 53.1 Å². The zero-order chi connectivity index (χ0) is 11.0. The van der Waals surface area contributed by atoms with Crippen molar-refractivity contribution in [3.8, 4) is 11.1 Å². The second kappa shape index (κ2) is 3.49. The molecule has 0 unspecified atom stereocenters. The molecule has 0 aliphatic rings. The SMILES string of the molecule is Cc1onc2ccc(-c3ccccc3)cc12. The van der Waals surface area contributed by atoms with E-state index >= 15 is 0 Å². The van der Waals surface area contributed by atoms with Gasteiger partial charge in [-0.05, 0) is 30.2 Å². The molecule has 0 saturated carbocycles. The van der Waals surface area contributed by atoms with E-state index in [1.54, 1.807) is 0 Å². The lowest BCUT2D eigenvalue weighted by Gasteiger charge is -2.00. The van der Waals surface area contributed by atoms with Gasteiger partial charge in [0.1, 0.15) is 11.3 Å². The van der Waals surface area contributed by atoms with Crippen LogP contribution < -0.4 is 0 Å². The molecule has 1 aromatic heterocycles. The van der Waals surface area contributed by atoms with Crippen LogP contribution in [-0.4, -0.2) is 5.16 Å². The van der Waals surface area contributed by atoms with E-state index in [1.807, 2.05) is 31.2 Å². The lowest BCUT2D eigenvalue weighted by molar-refractivity contribution is 0.405. The van der Waals surface area contributed by atoms with E-state index in [9.17, 15) is 0 Å². The summed E-state index contributed by atoms with van der Waals surface area (Å²) < 4.78 is 5.16. The van der Waals surface area contributed by atoms with Crippen LogP contribution in [0.3, 0.4) is 0 Å². The second-order valence-electron chi connectivity index (χ2n) is 3.84. The quantitative estimate of drug-likeness (QED) is 0.609. The lowest BCUT2D eigenvalue weighted by atomic mass is 10.0.